The van der Waals surface area contributed by atoms with Crippen LogP contribution in [0.15, 0.2) is 47.6 Å². The van der Waals surface area contributed by atoms with Gasteiger partial charge in [0.2, 0.25) is 0 Å². The lowest BCUT2D eigenvalue weighted by Crippen LogP contribution is -2.24. The number of halogens is 1. The summed E-state index contributed by atoms with van der Waals surface area (Å²) < 4.78 is 18.9. The SMILES string of the molecule is CC12CC=C(C=O)C=C1COC2c1ccc(F)cc1. The molecular weight excluding hydrogens is 243 g/mol. The number of carbonyl (C=O) groups is 1. The van der Waals surface area contributed by atoms with E-state index in [9.17, 15) is 9.18 Å². The summed E-state index contributed by atoms with van der Waals surface area (Å²) in [5.74, 6) is -0.241. The number of hydrogen-bond donors (Lipinski definition) is 0. The molecular formula is C16H15FO2. The van der Waals surface area contributed by atoms with Gasteiger partial charge in [-0.25, -0.2) is 4.39 Å². The third-order valence-corrected chi connectivity index (χ3v) is 4.13. The zero-order valence-electron chi connectivity index (χ0n) is 10.7. The molecule has 1 fully saturated rings. The number of aldehydes is 1. The van der Waals surface area contributed by atoms with Crippen LogP contribution in [0, 0.1) is 11.2 Å². The van der Waals surface area contributed by atoms with E-state index in [1.54, 1.807) is 12.1 Å². The maximum absolute atomic E-state index is 13.0. The average molecular weight is 258 g/mol. The highest BCUT2D eigenvalue weighted by Gasteiger charge is 2.45. The number of benzene rings is 1. The van der Waals surface area contributed by atoms with Crippen LogP contribution in [0.4, 0.5) is 4.39 Å². The first-order valence-corrected chi connectivity index (χ1v) is 6.37. The molecule has 3 heteroatoms. The van der Waals surface area contributed by atoms with E-state index >= 15 is 0 Å². The Morgan fingerprint density at radius 2 is 2.11 bits per heavy atom. The van der Waals surface area contributed by atoms with Crippen LogP contribution < -0.4 is 0 Å². The Hall–Kier alpha value is -1.74. The molecule has 19 heavy (non-hydrogen) atoms. The highest BCUT2D eigenvalue weighted by Crippen LogP contribution is 2.52. The highest BCUT2D eigenvalue weighted by atomic mass is 19.1. The van der Waals surface area contributed by atoms with Gasteiger partial charge in [-0.05, 0) is 35.8 Å². The Kier molecular flexibility index (Phi) is 2.86. The van der Waals surface area contributed by atoms with Crippen LogP contribution in [0.1, 0.15) is 25.0 Å². The fraction of sp³-hybridized carbons (Fsp3) is 0.312. The van der Waals surface area contributed by atoms with Crippen LogP contribution in [0.2, 0.25) is 0 Å². The van der Waals surface area contributed by atoms with Gasteiger partial charge < -0.3 is 4.74 Å². The lowest BCUT2D eigenvalue weighted by molar-refractivity contribution is -0.104. The minimum Gasteiger partial charge on any atom is -0.368 e. The van der Waals surface area contributed by atoms with Gasteiger partial charge in [0.25, 0.3) is 0 Å². The van der Waals surface area contributed by atoms with Crippen LogP contribution >= 0.6 is 0 Å². The van der Waals surface area contributed by atoms with Crippen LogP contribution in [0.25, 0.3) is 0 Å². The summed E-state index contributed by atoms with van der Waals surface area (Å²) in [6.45, 7) is 2.67. The molecule has 0 amide bonds. The number of allylic oxidation sites excluding steroid dienone is 3. The fourth-order valence-electron chi connectivity index (χ4n) is 2.91. The molecule has 0 bridgehead atoms. The molecule has 2 unspecified atom stereocenters. The second-order valence-electron chi connectivity index (χ2n) is 5.36. The molecule has 0 saturated carbocycles. The highest BCUT2D eigenvalue weighted by molar-refractivity contribution is 5.78. The van der Waals surface area contributed by atoms with Gasteiger partial charge in [0.15, 0.2) is 0 Å². The molecule has 98 valence electrons. The van der Waals surface area contributed by atoms with E-state index in [0.29, 0.717) is 6.61 Å². The molecule has 0 aromatic heterocycles. The van der Waals surface area contributed by atoms with Gasteiger partial charge >= 0.3 is 0 Å². The molecule has 2 nitrogen and oxygen atoms in total. The molecule has 1 heterocycles. The van der Waals surface area contributed by atoms with E-state index in [0.717, 1.165) is 29.4 Å². The second kappa shape index (κ2) is 4.42. The Labute approximate surface area is 111 Å². The van der Waals surface area contributed by atoms with Crippen LogP contribution in [-0.2, 0) is 9.53 Å². The molecule has 2 atom stereocenters. The topological polar surface area (TPSA) is 26.3 Å². The predicted octanol–water partition coefficient (Wildman–Crippen LogP) is 3.36. The lowest BCUT2D eigenvalue weighted by Gasteiger charge is -2.32. The molecule has 0 N–H and O–H groups in total. The summed E-state index contributed by atoms with van der Waals surface area (Å²) in [5, 5.41) is 0. The normalized spacial score (nSPS) is 29.5. The average Bonchev–Trinajstić information content (AvgIpc) is 2.76. The molecule has 1 aliphatic heterocycles. The lowest BCUT2D eigenvalue weighted by atomic mass is 9.71. The maximum Gasteiger partial charge on any atom is 0.149 e. The van der Waals surface area contributed by atoms with Crippen LogP contribution in [-0.4, -0.2) is 12.9 Å². The summed E-state index contributed by atoms with van der Waals surface area (Å²) in [5.41, 5.74) is 2.71. The first-order valence-electron chi connectivity index (χ1n) is 6.37. The zero-order valence-corrected chi connectivity index (χ0v) is 10.7. The summed E-state index contributed by atoms with van der Waals surface area (Å²) in [4.78, 5) is 10.8. The monoisotopic (exact) mass is 258 g/mol. The zero-order chi connectivity index (χ0) is 13.5. The van der Waals surface area contributed by atoms with Crippen molar-refractivity contribution in [2.75, 3.05) is 6.61 Å². The van der Waals surface area contributed by atoms with Gasteiger partial charge in [0.1, 0.15) is 12.1 Å². The van der Waals surface area contributed by atoms with Crippen LogP contribution in [0.3, 0.4) is 0 Å². The van der Waals surface area contributed by atoms with Crippen molar-refractivity contribution in [1.29, 1.82) is 0 Å². The van der Waals surface area contributed by atoms with E-state index in [2.05, 4.69) is 6.92 Å². The summed E-state index contributed by atoms with van der Waals surface area (Å²) >= 11 is 0. The Morgan fingerprint density at radius 1 is 1.37 bits per heavy atom. The number of ether oxygens (including phenoxy) is 1. The van der Waals surface area contributed by atoms with Crippen molar-refractivity contribution < 1.29 is 13.9 Å². The number of rotatable bonds is 2. The maximum atomic E-state index is 13.0. The number of carbonyl (C=O) groups excluding carboxylic acids is 1. The number of hydrogen-bond acceptors (Lipinski definition) is 2. The van der Waals surface area contributed by atoms with Crippen molar-refractivity contribution >= 4 is 6.29 Å². The first-order chi connectivity index (χ1) is 9.13. The smallest absolute Gasteiger partial charge is 0.149 e. The predicted molar refractivity (Wildman–Crippen MR) is 70.0 cm³/mol. The van der Waals surface area contributed by atoms with Crippen molar-refractivity contribution in [1.82, 2.24) is 0 Å². The summed E-state index contributed by atoms with van der Waals surface area (Å²) in [6.07, 6.45) is 5.43. The minimum absolute atomic E-state index is 0.0798. The standard InChI is InChI=1S/C16H15FO2/c1-16-7-6-11(9-18)8-13(16)10-19-15(16)12-2-4-14(17)5-3-12/h2-6,8-9,15H,7,10H2,1H3. The fourth-order valence-corrected chi connectivity index (χ4v) is 2.91. The Balaban J connectivity index is 1.95. The third kappa shape index (κ3) is 1.94. The molecule has 1 saturated heterocycles. The van der Waals surface area contributed by atoms with Gasteiger partial charge in [-0.2, -0.15) is 0 Å². The van der Waals surface area contributed by atoms with Crippen molar-refractivity contribution in [2.24, 2.45) is 5.41 Å². The van der Waals surface area contributed by atoms with Gasteiger partial charge in [-0.3, -0.25) is 4.79 Å². The van der Waals surface area contributed by atoms with Gasteiger partial charge in [-0.15, -0.1) is 0 Å². The van der Waals surface area contributed by atoms with E-state index in [4.69, 9.17) is 4.74 Å². The van der Waals surface area contributed by atoms with Crippen molar-refractivity contribution in [3.8, 4) is 0 Å². The quantitative estimate of drug-likeness (QED) is 0.760. The molecule has 3 rings (SSSR count). The van der Waals surface area contributed by atoms with Gasteiger partial charge in [0, 0.05) is 11.0 Å². The van der Waals surface area contributed by atoms with Gasteiger partial charge in [0.05, 0.1) is 12.7 Å². The molecule has 0 radical (unpaired) electrons. The molecule has 2 aliphatic rings. The van der Waals surface area contributed by atoms with E-state index in [-0.39, 0.29) is 17.3 Å². The third-order valence-electron chi connectivity index (χ3n) is 4.13. The second-order valence-corrected chi connectivity index (χ2v) is 5.36. The van der Waals surface area contributed by atoms with E-state index in [1.807, 2.05) is 12.2 Å². The summed E-state index contributed by atoms with van der Waals surface area (Å²) in [6, 6.07) is 6.46. The van der Waals surface area contributed by atoms with Crippen molar-refractivity contribution in [3.63, 3.8) is 0 Å². The molecule has 1 aliphatic carbocycles. The molecule has 1 aromatic carbocycles. The summed E-state index contributed by atoms with van der Waals surface area (Å²) in [7, 11) is 0. The van der Waals surface area contributed by atoms with Crippen molar-refractivity contribution in [2.45, 2.75) is 19.4 Å². The van der Waals surface area contributed by atoms with Crippen LogP contribution in [0.5, 0.6) is 0 Å². The van der Waals surface area contributed by atoms with E-state index in [1.165, 1.54) is 12.1 Å². The van der Waals surface area contributed by atoms with Crippen molar-refractivity contribution in [3.05, 3.63) is 58.9 Å². The Bertz CT molecular complexity index is 571. The molecule has 0 spiro atoms. The number of fused-ring (bicyclic) bond motifs is 1. The first kappa shape index (κ1) is 12.3. The Morgan fingerprint density at radius 3 is 2.79 bits per heavy atom. The molecule has 1 aromatic rings. The van der Waals surface area contributed by atoms with E-state index < -0.39 is 0 Å². The largest absolute Gasteiger partial charge is 0.368 e. The van der Waals surface area contributed by atoms with Gasteiger partial charge in [-0.1, -0.05) is 25.1 Å². The minimum atomic E-state index is -0.241.